The Bertz CT molecular complexity index is 962. The number of fused-ring (bicyclic) bond motifs is 9. The molecule has 2 N–H and O–H groups in total. The van der Waals surface area contributed by atoms with Crippen molar-refractivity contribution in [2.75, 3.05) is 6.61 Å². The summed E-state index contributed by atoms with van der Waals surface area (Å²) in [4.78, 5) is 25.5. The Labute approximate surface area is 186 Å². The lowest BCUT2D eigenvalue weighted by Gasteiger charge is -2.63. The van der Waals surface area contributed by atoms with E-state index in [9.17, 15) is 19.8 Å². The molecule has 0 radical (unpaired) electrons. The van der Waals surface area contributed by atoms with Crippen LogP contribution < -0.4 is 0 Å². The lowest BCUT2D eigenvalue weighted by atomic mass is 9.43. The number of halogens is 1. The molecule has 4 aliphatic carbocycles. The lowest BCUT2D eigenvalue weighted by molar-refractivity contribution is -0.252. The van der Waals surface area contributed by atoms with E-state index in [0.717, 1.165) is 5.57 Å². The van der Waals surface area contributed by atoms with E-state index in [2.05, 4.69) is 0 Å². The van der Waals surface area contributed by atoms with Gasteiger partial charge in [-0.3, -0.25) is 9.59 Å². The molecule has 6 aliphatic rings. The van der Waals surface area contributed by atoms with Gasteiger partial charge in [-0.1, -0.05) is 12.5 Å². The second-order valence-corrected chi connectivity index (χ2v) is 11.6. The number of rotatable bonds is 2. The third-order valence-electron chi connectivity index (χ3n) is 9.95. The van der Waals surface area contributed by atoms with Crippen LogP contribution in [0.15, 0.2) is 11.6 Å². The van der Waals surface area contributed by atoms with Crippen LogP contribution in [-0.4, -0.2) is 69.9 Å². The molecule has 0 aromatic rings. The summed E-state index contributed by atoms with van der Waals surface area (Å²) < 4.78 is 35.4. The summed E-state index contributed by atoms with van der Waals surface area (Å²) in [5.74, 6) is -2.47. The van der Waals surface area contributed by atoms with Crippen LogP contribution >= 0.6 is 0 Å². The molecule has 5 fully saturated rings. The van der Waals surface area contributed by atoms with Gasteiger partial charge >= 0.3 is 0 Å². The Balaban J connectivity index is 1.48. The van der Waals surface area contributed by atoms with Crippen molar-refractivity contribution in [3.63, 3.8) is 0 Å². The van der Waals surface area contributed by atoms with E-state index >= 15 is 4.39 Å². The Kier molecular flexibility index (Phi) is 3.93. The average Bonchev–Trinajstić information content (AvgIpc) is 3.43. The van der Waals surface area contributed by atoms with Gasteiger partial charge in [0.25, 0.3) is 0 Å². The van der Waals surface area contributed by atoms with Gasteiger partial charge in [0.15, 0.2) is 28.6 Å². The molecule has 2 aliphatic heterocycles. The van der Waals surface area contributed by atoms with Gasteiger partial charge in [-0.05, 0) is 58.4 Å². The van der Waals surface area contributed by atoms with E-state index in [1.807, 2.05) is 6.92 Å². The number of hydrogen-bond acceptors (Lipinski definition) is 7. The highest BCUT2D eigenvalue weighted by atomic mass is 19.1. The minimum absolute atomic E-state index is 0.000545. The molecule has 10 atom stereocenters. The first-order valence-corrected chi connectivity index (χ1v) is 11.7. The zero-order valence-corrected chi connectivity index (χ0v) is 18.9. The van der Waals surface area contributed by atoms with Crippen molar-refractivity contribution in [1.29, 1.82) is 0 Å². The van der Waals surface area contributed by atoms with E-state index < -0.39 is 70.6 Å². The Morgan fingerprint density at radius 2 is 1.97 bits per heavy atom. The van der Waals surface area contributed by atoms with E-state index in [1.54, 1.807) is 20.8 Å². The molecular weight excluding hydrogens is 419 g/mol. The molecule has 2 heterocycles. The van der Waals surface area contributed by atoms with E-state index in [0.29, 0.717) is 19.3 Å². The summed E-state index contributed by atoms with van der Waals surface area (Å²) >= 11 is 0. The molecule has 176 valence electrons. The highest BCUT2D eigenvalue weighted by Gasteiger charge is 2.82. The van der Waals surface area contributed by atoms with Crippen molar-refractivity contribution in [1.82, 2.24) is 0 Å². The van der Waals surface area contributed by atoms with Crippen molar-refractivity contribution < 1.29 is 38.4 Å². The maximum atomic E-state index is 17.4. The van der Waals surface area contributed by atoms with Crippen molar-refractivity contribution in [2.24, 2.45) is 22.7 Å². The van der Waals surface area contributed by atoms with Gasteiger partial charge in [-0.15, -0.1) is 0 Å². The summed E-state index contributed by atoms with van der Waals surface area (Å²) in [6.45, 7) is 6.43. The SMILES string of the molecule is CC1(C)O[C@@H]2C[C@H]3[C@@H]4CCC5=CC(=O)C6OC6[C@]5(C)[C@@]4(F)[C@@H](O)C[C@]3(C)[C@]2(C(=O)CO)O1. The molecule has 32 heavy (non-hydrogen) atoms. The Morgan fingerprint density at radius 3 is 2.66 bits per heavy atom. The molecule has 3 saturated carbocycles. The third kappa shape index (κ3) is 2.07. The molecule has 0 aromatic heterocycles. The van der Waals surface area contributed by atoms with Gasteiger partial charge in [0.2, 0.25) is 0 Å². The van der Waals surface area contributed by atoms with Crippen molar-refractivity contribution in [2.45, 2.75) is 94.9 Å². The smallest absolute Gasteiger partial charge is 0.193 e. The molecule has 8 heteroatoms. The van der Waals surface area contributed by atoms with E-state index in [1.165, 1.54) is 6.08 Å². The second-order valence-electron chi connectivity index (χ2n) is 11.6. The summed E-state index contributed by atoms with van der Waals surface area (Å²) in [6.07, 6.45) is -0.253. The van der Waals surface area contributed by atoms with Gasteiger partial charge in [0.1, 0.15) is 18.8 Å². The molecule has 0 amide bonds. The molecule has 2 saturated heterocycles. The van der Waals surface area contributed by atoms with Crippen LogP contribution in [0.2, 0.25) is 0 Å². The fraction of sp³-hybridized carbons (Fsp3) is 0.833. The molecule has 0 bridgehead atoms. The molecule has 0 aromatic carbocycles. The Morgan fingerprint density at radius 1 is 1.25 bits per heavy atom. The van der Waals surface area contributed by atoms with Gasteiger partial charge in [-0.25, -0.2) is 4.39 Å². The standard InChI is InChI=1S/C24H31FO7/c1-20(2)31-17-8-13-12-6-5-11-7-14(27)18-19(30-18)22(11,4)23(12,25)15(28)9-21(13,3)24(17,32-20)16(29)10-26/h7,12-13,15,17-19,26,28H,5-6,8-10H2,1-4H3/t12-,13-,15-,17+,18?,19?,21-,22+,23-,24+/m0/s1. The topological polar surface area (TPSA) is 106 Å². The average molecular weight is 451 g/mol. The number of alkyl halides is 1. The van der Waals surface area contributed by atoms with Gasteiger partial charge in [0, 0.05) is 11.3 Å². The quantitative estimate of drug-likeness (QED) is 0.616. The normalized spacial score (nSPS) is 57.0. The van der Waals surface area contributed by atoms with Crippen molar-refractivity contribution >= 4 is 11.6 Å². The number of aliphatic hydroxyl groups excluding tert-OH is 2. The van der Waals surface area contributed by atoms with Crippen LogP contribution in [0.1, 0.15) is 53.4 Å². The highest BCUT2D eigenvalue weighted by molar-refractivity contribution is 5.98. The van der Waals surface area contributed by atoms with Crippen LogP contribution in [0.4, 0.5) is 4.39 Å². The molecule has 7 nitrogen and oxygen atoms in total. The minimum Gasteiger partial charge on any atom is -0.390 e. The molecule has 2 unspecified atom stereocenters. The molecule has 0 spiro atoms. The first-order chi connectivity index (χ1) is 14.9. The number of Topliss-reactive ketones (excluding diaryl/α,β-unsaturated/α-hetero) is 1. The monoisotopic (exact) mass is 450 g/mol. The number of carbonyl (C=O) groups excluding carboxylic acids is 2. The summed E-state index contributed by atoms with van der Waals surface area (Å²) in [5.41, 5.74) is -4.72. The maximum Gasteiger partial charge on any atom is 0.193 e. The highest BCUT2D eigenvalue weighted by Crippen LogP contribution is 2.74. The van der Waals surface area contributed by atoms with E-state index in [-0.39, 0.29) is 18.1 Å². The lowest BCUT2D eigenvalue weighted by Crippen LogP contribution is -2.71. The van der Waals surface area contributed by atoms with Crippen LogP contribution in [0, 0.1) is 22.7 Å². The first-order valence-electron chi connectivity index (χ1n) is 11.7. The number of epoxide rings is 1. The number of ether oxygens (including phenoxy) is 3. The predicted octanol–water partition coefficient (Wildman–Crippen LogP) is 1.63. The third-order valence-corrected chi connectivity index (χ3v) is 9.95. The van der Waals surface area contributed by atoms with Crippen LogP contribution in [0.3, 0.4) is 0 Å². The van der Waals surface area contributed by atoms with Gasteiger partial charge in [0.05, 0.1) is 17.6 Å². The minimum atomic E-state index is -2.00. The van der Waals surface area contributed by atoms with E-state index in [4.69, 9.17) is 14.2 Å². The zero-order valence-electron chi connectivity index (χ0n) is 18.9. The van der Waals surface area contributed by atoms with Crippen molar-refractivity contribution in [3.8, 4) is 0 Å². The van der Waals surface area contributed by atoms with Crippen LogP contribution in [-0.2, 0) is 23.8 Å². The second kappa shape index (κ2) is 5.89. The van der Waals surface area contributed by atoms with Crippen molar-refractivity contribution in [3.05, 3.63) is 11.6 Å². The zero-order chi connectivity index (χ0) is 23.1. The molecule has 6 rings (SSSR count). The maximum absolute atomic E-state index is 17.4. The Hall–Kier alpha value is -1.19. The summed E-state index contributed by atoms with van der Waals surface area (Å²) in [6, 6.07) is 0. The number of aliphatic hydroxyl groups is 2. The summed E-state index contributed by atoms with van der Waals surface area (Å²) in [5, 5.41) is 21.3. The number of carbonyl (C=O) groups is 2. The predicted molar refractivity (Wildman–Crippen MR) is 108 cm³/mol. The summed E-state index contributed by atoms with van der Waals surface area (Å²) in [7, 11) is 0. The van der Waals surface area contributed by atoms with Crippen LogP contribution in [0.5, 0.6) is 0 Å². The fourth-order valence-electron chi connectivity index (χ4n) is 8.65. The fourth-order valence-corrected chi connectivity index (χ4v) is 8.65. The number of ketones is 2. The van der Waals surface area contributed by atoms with Gasteiger partial charge in [-0.2, -0.15) is 0 Å². The number of hydrogen-bond donors (Lipinski definition) is 2. The largest absolute Gasteiger partial charge is 0.390 e. The molecular formula is C24H31FO7. The van der Waals surface area contributed by atoms with Crippen LogP contribution in [0.25, 0.3) is 0 Å². The first kappa shape index (κ1) is 21.4. The van der Waals surface area contributed by atoms with Gasteiger partial charge < -0.3 is 24.4 Å².